The second kappa shape index (κ2) is 6.70. The average molecular weight is 375 g/mol. The Hall–Kier alpha value is -3.87. The van der Waals surface area contributed by atoms with Gasteiger partial charge >= 0.3 is 5.97 Å². The van der Waals surface area contributed by atoms with Crippen LogP contribution in [0.3, 0.4) is 0 Å². The number of hydrogen-bond acceptors (Lipinski definition) is 6. The van der Waals surface area contributed by atoms with E-state index in [2.05, 4.69) is 16.8 Å². The minimum Gasteiger partial charge on any atom is -0.506 e. The van der Waals surface area contributed by atoms with Gasteiger partial charge in [-0.1, -0.05) is 18.7 Å². The van der Waals surface area contributed by atoms with E-state index >= 15 is 0 Å². The molecule has 1 aromatic heterocycles. The van der Waals surface area contributed by atoms with Gasteiger partial charge in [0, 0.05) is 17.0 Å². The van der Waals surface area contributed by atoms with Crippen molar-refractivity contribution in [2.75, 3.05) is 7.11 Å². The Labute approximate surface area is 160 Å². The SMILES string of the molecule is C=C(C)C(=O)Oc1ccc2ccc(O)c(-n3nc4ccc(OC)cc4n3)c2c1. The van der Waals surface area contributed by atoms with Crippen LogP contribution < -0.4 is 9.47 Å². The van der Waals surface area contributed by atoms with Gasteiger partial charge in [-0.15, -0.1) is 15.0 Å². The zero-order valence-electron chi connectivity index (χ0n) is 15.3. The van der Waals surface area contributed by atoms with Gasteiger partial charge in [-0.05, 0) is 42.6 Å². The summed E-state index contributed by atoms with van der Waals surface area (Å²) in [4.78, 5) is 13.2. The van der Waals surface area contributed by atoms with Crippen LogP contribution in [0.1, 0.15) is 6.92 Å². The molecule has 0 aliphatic rings. The number of hydrogen-bond donors (Lipinski definition) is 1. The Morgan fingerprint density at radius 3 is 2.50 bits per heavy atom. The molecule has 1 N–H and O–H groups in total. The van der Waals surface area contributed by atoms with E-state index in [9.17, 15) is 9.90 Å². The standard InChI is InChI=1S/C21H17N3O4/c1-12(2)21(26)28-15-6-4-13-5-9-19(25)20(16(13)10-15)24-22-17-8-7-14(27-3)11-18(17)23-24/h4-11,25H,1H2,2-3H3. The van der Waals surface area contributed by atoms with Crippen LogP contribution in [0.4, 0.5) is 0 Å². The van der Waals surface area contributed by atoms with E-state index in [1.165, 1.54) is 4.80 Å². The fraction of sp³-hybridized carbons (Fsp3) is 0.0952. The third-order valence-electron chi connectivity index (χ3n) is 4.29. The Balaban J connectivity index is 1.88. The number of fused-ring (bicyclic) bond motifs is 2. The number of benzene rings is 3. The number of aromatic hydroxyl groups is 1. The molecule has 0 unspecified atom stereocenters. The van der Waals surface area contributed by atoms with Crippen LogP contribution in [0.15, 0.2) is 60.7 Å². The van der Waals surface area contributed by atoms with Gasteiger partial charge in [-0.25, -0.2) is 4.79 Å². The number of aromatic nitrogens is 3. The largest absolute Gasteiger partial charge is 0.506 e. The van der Waals surface area contributed by atoms with Crippen molar-refractivity contribution in [3.8, 4) is 22.9 Å². The minimum atomic E-state index is -0.517. The number of carbonyl (C=O) groups is 1. The van der Waals surface area contributed by atoms with Crippen LogP contribution in [0, 0.1) is 0 Å². The van der Waals surface area contributed by atoms with Gasteiger partial charge < -0.3 is 14.6 Å². The number of ether oxygens (including phenoxy) is 2. The van der Waals surface area contributed by atoms with Crippen LogP contribution >= 0.6 is 0 Å². The molecular weight excluding hydrogens is 358 g/mol. The lowest BCUT2D eigenvalue weighted by Crippen LogP contribution is -2.08. The van der Waals surface area contributed by atoms with E-state index in [-0.39, 0.29) is 5.75 Å². The van der Waals surface area contributed by atoms with Crippen molar-refractivity contribution in [3.05, 3.63) is 60.7 Å². The topological polar surface area (TPSA) is 86.5 Å². The van der Waals surface area contributed by atoms with Crippen molar-refractivity contribution < 1.29 is 19.4 Å². The molecular formula is C21H17N3O4. The molecule has 0 aliphatic heterocycles. The molecule has 1 heterocycles. The van der Waals surface area contributed by atoms with Crippen LogP contribution in [0.5, 0.6) is 17.2 Å². The zero-order valence-corrected chi connectivity index (χ0v) is 15.3. The summed E-state index contributed by atoms with van der Waals surface area (Å²) in [5.41, 5.74) is 1.97. The molecule has 0 saturated heterocycles. The molecule has 0 radical (unpaired) electrons. The lowest BCUT2D eigenvalue weighted by Gasteiger charge is -2.10. The quantitative estimate of drug-likeness (QED) is 0.332. The zero-order chi connectivity index (χ0) is 19.8. The summed E-state index contributed by atoms with van der Waals surface area (Å²) in [7, 11) is 1.58. The van der Waals surface area contributed by atoms with Crippen molar-refractivity contribution >= 4 is 27.8 Å². The number of phenols is 1. The van der Waals surface area contributed by atoms with Gasteiger partial charge in [0.15, 0.2) is 0 Å². The van der Waals surface area contributed by atoms with Crippen LogP contribution in [0.25, 0.3) is 27.5 Å². The van der Waals surface area contributed by atoms with Crippen molar-refractivity contribution in [3.63, 3.8) is 0 Å². The lowest BCUT2D eigenvalue weighted by atomic mass is 10.1. The molecule has 0 aliphatic carbocycles. The van der Waals surface area contributed by atoms with Gasteiger partial charge in [0.05, 0.1) is 7.11 Å². The second-order valence-corrected chi connectivity index (χ2v) is 6.33. The molecule has 0 atom stereocenters. The van der Waals surface area contributed by atoms with Crippen LogP contribution in [-0.4, -0.2) is 33.2 Å². The highest BCUT2D eigenvalue weighted by Gasteiger charge is 2.15. The smallest absolute Gasteiger partial charge is 0.338 e. The van der Waals surface area contributed by atoms with E-state index in [1.54, 1.807) is 62.6 Å². The third-order valence-corrected chi connectivity index (χ3v) is 4.29. The first-order valence-electron chi connectivity index (χ1n) is 8.51. The van der Waals surface area contributed by atoms with Gasteiger partial charge in [-0.3, -0.25) is 0 Å². The molecule has 0 fully saturated rings. The fourth-order valence-corrected chi connectivity index (χ4v) is 2.86. The maximum Gasteiger partial charge on any atom is 0.338 e. The molecule has 7 heteroatoms. The van der Waals surface area contributed by atoms with E-state index in [0.29, 0.717) is 39.2 Å². The first kappa shape index (κ1) is 17.5. The molecule has 4 rings (SSSR count). The van der Waals surface area contributed by atoms with E-state index in [4.69, 9.17) is 9.47 Å². The summed E-state index contributed by atoms with van der Waals surface area (Å²) >= 11 is 0. The summed E-state index contributed by atoms with van der Waals surface area (Å²) in [5, 5.41) is 20.9. The molecule has 0 amide bonds. The summed E-state index contributed by atoms with van der Waals surface area (Å²) in [6.07, 6.45) is 0. The van der Waals surface area contributed by atoms with Crippen molar-refractivity contribution in [2.45, 2.75) is 6.92 Å². The van der Waals surface area contributed by atoms with Crippen molar-refractivity contribution in [1.82, 2.24) is 15.0 Å². The minimum absolute atomic E-state index is 0.00292. The maximum absolute atomic E-state index is 11.8. The van der Waals surface area contributed by atoms with Crippen molar-refractivity contribution in [2.24, 2.45) is 0 Å². The highest BCUT2D eigenvalue weighted by Crippen LogP contribution is 2.33. The second-order valence-electron chi connectivity index (χ2n) is 6.33. The van der Waals surface area contributed by atoms with Crippen LogP contribution in [0.2, 0.25) is 0 Å². The molecule has 0 bridgehead atoms. The van der Waals surface area contributed by atoms with E-state index < -0.39 is 5.97 Å². The first-order valence-corrected chi connectivity index (χ1v) is 8.51. The third kappa shape index (κ3) is 3.03. The van der Waals surface area contributed by atoms with Gasteiger partial charge in [0.2, 0.25) is 0 Å². The monoisotopic (exact) mass is 375 g/mol. The number of methoxy groups -OCH3 is 1. The predicted molar refractivity (Wildman–Crippen MR) is 105 cm³/mol. The van der Waals surface area contributed by atoms with E-state index in [0.717, 1.165) is 5.39 Å². The first-order chi connectivity index (χ1) is 13.5. The summed E-state index contributed by atoms with van der Waals surface area (Å²) in [5.74, 6) is 0.487. The van der Waals surface area contributed by atoms with E-state index in [1.807, 2.05) is 0 Å². The molecule has 7 nitrogen and oxygen atoms in total. The Morgan fingerprint density at radius 2 is 1.75 bits per heavy atom. The fourth-order valence-electron chi connectivity index (χ4n) is 2.86. The lowest BCUT2D eigenvalue weighted by molar-refractivity contribution is -0.130. The van der Waals surface area contributed by atoms with Gasteiger partial charge in [0.1, 0.15) is 34.0 Å². The number of rotatable bonds is 4. The Morgan fingerprint density at radius 1 is 1.04 bits per heavy atom. The molecule has 28 heavy (non-hydrogen) atoms. The van der Waals surface area contributed by atoms with Crippen molar-refractivity contribution in [1.29, 1.82) is 0 Å². The number of carbonyl (C=O) groups excluding carboxylic acids is 1. The Kier molecular flexibility index (Phi) is 4.19. The Bertz CT molecular complexity index is 1240. The van der Waals surface area contributed by atoms with Gasteiger partial charge in [-0.2, -0.15) is 0 Å². The molecule has 0 saturated carbocycles. The highest BCUT2D eigenvalue weighted by atomic mass is 16.5. The molecule has 4 aromatic rings. The molecule has 0 spiro atoms. The van der Waals surface area contributed by atoms with Gasteiger partial charge in [0.25, 0.3) is 0 Å². The summed E-state index contributed by atoms with van der Waals surface area (Å²) in [6, 6.07) is 13.8. The highest BCUT2D eigenvalue weighted by molar-refractivity contribution is 5.95. The molecule has 3 aromatic carbocycles. The average Bonchev–Trinajstić information content (AvgIpc) is 3.10. The normalized spacial score (nSPS) is 10.9. The number of nitrogens with zero attached hydrogens (tertiary/aromatic N) is 3. The van der Waals surface area contributed by atoms with Crippen LogP contribution in [-0.2, 0) is 4.79 Å². The maximum atomic E-state index is 11.8. The number of esters is 1. The summed E-state index contributed by atoms with van der Waals surface area (Å²) < 4.78 is 10.5. The predicted octanol–water partition coefficient (Wildman–Crippen LogP) is 3.77. The molecule has 140 valence electrons. The number of phenolic OH excluding ortho intramolecular Hbond substituents is 1. The summed E-state index contributed by atoms with van der Waals surface area (Å²) in [6.45, 7) is 5.16.